The molecule has 0 aliphatic rings. The Hall–Kier alpha value is -1.55. The molecule has 0 bridgehead atoms. The predicted molar refractivity (Wildman–Crippen MR) is 74.3 cm³/mol. The lowest BCUT2D eigenvalue weighted by Gasteiger charge is -2.19. The van der Waals surface area contributed by atoms with Crippen molar-refractivity contribution in [3.63, 3.8) is 0 Å². The fourth-order valence-corrected chi connectivity index (χ4v) is 1.79. The summed E-state index contributed by atoms with van der Waals surface area (Å²) in [5, 5.41) is 2.98. The zero-order valence-electron chi connectivity index (χ0n) is 11.6. The molecule has 1 N–H and O–H groups in total. The average Bonchev–Trinajstić information content (AvgIpc) is 2.42. The van der Waals surface area contributed by atoms with Crippen molar-refractivity contribution in [2.24, 2.45) is 0 Å². The first kappa shape index (κ1) is 14.5. The molecule has 1 aromatic carbocycles. The van der Waals surface area contributed by atoms with Crippen LogP contribution in [0.3, 0.4) is 0 Å². The summed E-state index contributed by atoms with van der Waals surface area (Å²) in [6, 6.07) is 5.83. The fraction of sp³-hybridized carbons (Fsp3) is 0.500. The molecule has 0 unspecified atom stereocenters. The van der Waals surface area contributed by atoms with E-state index < -0.39 is 0 Å². The van der Waals surface area contributed by atoms with Gasteiger partial charge in [-0.3, -0.25) is 4.79 Å². The molecule has 4 nitrogen and oxygen atoms in total. The van der Waals surface area contributed by atoms with E-state index in [9.17, 15) is 4.79 Å². The molecule has 0 atom stereocenters. The van der Waals surface area contributed by atoms with Gasteiger partial charge in [0.25, 0.3) is 0 Å². The van der Waals surface area contributed by atoms with Crippen LogP contribution in [0.15, 0.2) is 18.2 Å². The highest BCUT2D eigenvalue weighted by molar-refractivity contribution is 5.93. The van der Waals surface area contributed by atoms with E-state index in [1.54, 1.807) is 19.1 Å². The number of anilines is 1. The number of hydrogen-bond acceptors (Lipinski definition) is 3. The topological polar surface area (TPSA) is 41.6 Å². The van der Waals surface area contributed by atoms with Gasteiger partial charge in [0.15, 0.2) is 0 Å². The lowest BCUT2D eigenvalue weighted by atomic mass is 10.1. The van der Waals surface area contributed by atoms with Crippen LogP contribution in [-0.2, 0) is 11.2 Å². The van der Waals surface area contributed by atoms with Crippen molar-refractivity contribution in [3.05, 3.63) is 23.8 Å². The van der Waals surface area contributed by atoms with Gasteiger partial charge in [0.1, 0.15) is 5.75 Å². The van der Waals surface area contributed by atoms with Crippen molar-refractivity contribution in [1.29, 1.82) is 0 Å². The first-order valence-electron chi connectivity index (χ1n) is 6.22. The summed E-state index contributed by atoms with van der Waals surface area (Å²) in [6.07, 6.45) is 1.38. The minimum Gasteiger partial charge on any atom is -0.496 e. The summed E-state index contributed by atoms with van der Waals surface area (Å²) in [5.74, 6) is 0.980. The van der Waals surface area contributed by atoms with Crippen LogP contribution in [0.5, 0.6) is 5.75 Å². The average molecular weight is 250 g/mol. The second-order valence-corrected chi connectivity index (χ2v) is 4.16. The Morgan fingerprint density at radius 2 is 2.17 bits per heavy atom. The molecule has 0 fully saturated rings. The van der Waals surface area contributed by atoms with E-state index in [1.807, 2.05) is 25.2 Å². The first-order chi connectivity index (χ1) is 8.63. The lowest BCUT2D eigenvalue weighted by molar-refractivity contribution is -0.118. The largest absolute Gasteiger partial charge is 0.496 e. The Morgan fingerprint density at radius 1 is 1.44 bits per heavy atom. The van der Waals surface area contributed by atoms with Crippen molar-refractivity contribution >= 4 is 11.6 Å². The predicted octanol–water partition coefficient (Wildman–Crippen LogP) is 1.83. The number of amides is 1. The zero-order valence-corrected chi connectivity index (χ0v) is 11.6. The summed E-state index contributed by atoms with van der Waals surface area (Å²) in [7, 11) is 5.31. The van der Waals surface area contributed by atoms with Crippen molar-refractivity contribution in [2.45, 2.75) is 19.8 Å². The van der Waals surface area contributed by atoms with E-state index in [4.69, 9.17) is 4.74 Å². The smallest absolute Gasteiger partial charge is 0.227 e. The van der Waals surface area contributed by atoms with Gasteiger partial charge in [-0.05, 0) is 37.2 Å². The molecule has 1 amide bonds. The standard InChI is InChI=1S/C14H22N2O2/c1-5-11-10-12(6-7-13(11)18-4)16(3)14(17)8-9-15-2/h6-7,10,15H,5,8-9H2,1-4H3. The molecule has 0 aliphatic carbocycles. The molecule has 18 heavy (non-hydrogen) atoms. The number of ether oxygens (including phenoxy) is 1. The second-order valence-electron chi connectivity index (χ2n) is 4.16. The van der Waals surface area contributed by atoms with Gasteiger partial charge in [0, 0.05) is 25.7 Å². The zero-order chi connectivity index (χ0) is 13.5. The van der Waals surface area contributed by atoms with Crippen LogP contribution in [-0.4, -0.2) is 33.7 Å². The van der Waals surface area contributed by atoms with Crippen LogP contribution in [0.25, 0.3) is 0 Å². The number of benzene rings is 1. The third-order valence-electron chi connectivity index (χ3n) is 3.00. The highest BCUT2D eigenvalue weighted by Gasteiger charge is 2.12. The van der Waals surface area contributed by atoms with E-state index in [2.05, 4.69) is 12.2 Å². The van der Waals surface area contributed by atoms with E-state index >= 15 is 0 Å². The Bertz CT molecular complexity index is 405. The molecule has 1 aromatic rings. The minimum atomic E-state index is 0.108. The Kier molecular flexibility index (Phi) is 5.65. The quantitative estimate of drug-likeness (QED) is 0.837. The van der Waals surface area contributed by atoms with Gasteiger partial charge in [-0.15, -0.1) is 0 Å². The molecule has 0 heterocycles. The van der Waals surface area contributed by atoms with Gasteiger partial charge in [-0.1, -0.05) is 6.92 Å². The third kappa shape index (κ3) is 3.47. The maximum absolute atomic E-state index is 11.9. The van der Waals surface area contributed by atoms with E-state index in [0.717, 1.165) is 23.4 Å². The number of nitrogens with zero attached hydrogens (tertiary/aromatic N) is 1. The fourth-order valence-electron chi connectivity index (χ4n) is 1.79. The monoisotopic (exact) mass is 250 g/mol. The minimum absolute atomic E-state index is 0.108. The van der Waals surface area contributed by atoms with Crippen LogP contribution < -0.4 is 15.0 Å². The van der Waals surface area contributed by atoms with Crippen LogP contribution >= 0.6 is 0 Å². The third-order valence-corrected chi connectivity index (χ3v) is 3.00. The maximum atomic E-state index is 11.9. The molecule has 0 saturated heterocycles. The summed E-state index contributed by atoms with van der Waals surface area (Å²) in [6.45, 7) is 2.77. The van der Waals surface area contributed by atoms with Crippen molar-refractivity contribution in [2.75, 3.05) is 32.6 Å². The number of carbonyl (C=O) groups is 1. The molecule has 0 saturated carbocycles. The van der Waals surface area contributed by atoms with Gasteiger partial charge in [-0.2, -0.15) is 0 Å². The summed E-state index contributed by atoms with van der Waals surface area (Å²) in [5.41, 5.74) is 2.03. The van der Waals surface area contributed by atoms with Gasteiger partial charge in [0.05, 0.1) is 7.11 Å². The maximum Gasteiger partial charge on any atom is 0.227 e. The molecular formula is C14H22N2O2. The van der Waals surface area contributed by atoms with Crippen LogP contribution in [0, 0.1) is 0 Å². The van der Waals surface area contributed by atoms with E-state index in [-0.39, 0.29) is 5.91 Å². The van der Waals surface area contributed by atoms with Crippen LogP contribution in [0.1, 0.15) is 18.9 Å². The van der Waals surface area contributed by atoms with E-state index in [0.29, 0.717) is 13.0 Å². The number of carbonyl (C=O) groups excluding carboxylic acids is 1. The molecule has 4 heteroatoms. The van der Waals surface area contributed by atoms with Gasteiger partial charge >= 0.3 is 0 Å². The van der Waals surface area contributed by atoms with Gasteiger partial charge < -0.3 is 15.0 Å². The highest BCUT2D eigenvalue weighted by atomic mass is 16.5. The molecule has 0 radical (unpaired) electrons. The summed E-state index contributed by atoms with van der Waals surface area (Å²) < 4.78 is 5.28. The molecule has 0 aromatic heterocycles. The van der Waals surface area contributed by atoms with E-state index in [1.165, 1.54) is 0 Å². The van der Waals surface area contributed by atoms with Crippen molar-refractivity contribution < 1.29 is 9.53 Å². The summed E-state index contributed by atoms with van der Waals surface area (Å²) >= 11 is 0. The highest BCUT2D eigenvalue weighted by Crippen LogP contribution is 2.25. The Labute approximate surface area is 109 Å². The van der Waals surface area contributed by atoms with Gasteiger partial charge in [0.2, 0.25) is 5.91 Å². The second kappa shape index (κ2) is 7.01. The Morgan fingerprint density at radius 3 is 2.72 bits per heavy atom. The van der Waals surface area contributed by atoms with Crippen molar-refractivity contribution in [1.82, 2.24) is 5.32 Å². The molecule has 100 valence electrons. The molecule has 0 aliphatic heterocycles. The number of rotatable bonds is 6. The SMILES string of the molecule is CCc1cc(N(C)C(=O)CCNC)ccc1OC. The van der Waals surface area contributed by atoms with Crippen LogP contribution in [0.2, 0.25) is 0 Å². The molecule has 1 rings (SSSR count). The lowest BCUT2D eigenvalue weighted by Crippen LogP contribution is -2.28. The molecule has 0 spiro atoms. The number of hydrogen-bond donors (Lipinski definition) is 1. The van der Waals surface area contributed by atoms with Crippen LogP contribution in [0.4, 0.5) is 5.69 Å². The first-order valence-corrected chi connectivity index (χ1v) is 6.22. The Balaban J connectivity index is 2.85. The normalized spacial score (nSPS) is 10.2. The summed E-state index contributed by atoms with van der Waals surface area (Å²) in [4.78, 5) is 13.6. The van der Waals surface area contributed by atoms with Crippen molar-refractivity contribution in [3.8, 4) is 5.75 Å². The number of methoxy groups -OCH3 is 1. The number of nitrogens with one attached hydrogen (secondary N) is 1. The molecular weight excluding hydrogens is 228 g/mol. The van der Waals surface area contributed by atoms with Gasteiger partial charge in [-0.25, -0.2) is 0 Å². The number of aryl methyl sites for hydroxylation is 1.